The summed E-state index contributed by atoms with van der Waals surface area (Å²) in [4.78, 5) is 8.23. The van der Waals surface area contributed by atoms with Crippen molar-refractivity contribution in [2.24, 2.45) is 0 Å². The van der Waals surface area contributed by atoms with Crippen LogP contribution >= 0.6 is 0 Å². The first-order valence-corrected chi connectivity index (χ1v) is 8.11. The van der Waals surface area contributed by atoms with E-state index in [-0.39, 0.29) is 11.4 Å². The molecule has 0 aliphatic heterocycles. The van der Waals surface area contributed by atoms with Gasteiger partial charge in [-0.1, -0.05) is 13.0 Å². The molecule has 0 bridgehead atoms. The monoisotopic (exact) mass is 306 g/mol. The SMILES string of the molecule is CCc1cccnc1CNS(=O)(=O)c1cnccc1NC. The molecule has 0 spiro atoms. The van der Waals surface area contributed by atoms with E-state index in [1.165, 1.54) is 6.20 Å². The van der Waals surface area contributed by atoms with E-state index in [1.807, 2.05) is 19.1 Å². The molecule has 0 amide bonds. The van der Waals surface area contributed by atoms with Crippen molar-refractivity contribution in [2.75, 3.05) is 12.4 Å². The Morgan fingerprint density at radius 1 is 1.24 bits per heavy atom. The number of nitrogens with one attached hydrogen (secondary N) is 2. The van der Waals surface area contributed by atoms with Crippen molar-refractivity contribution in [3.63, 3.8) is 0 Å². The molecule has 2 N–H and O–H groups in total. The molecule has 21 heavy (non-hydrogen) atoms. The number of anilines is 1. The number of sulfonamides is 1. The van der Waals surface area contributed by atoms with E-state index in [0.717, 1.165) is 17.7 Å². The summed E-state index contributed by atoms with van der Waals surface area (Å²) in [6.07, 6.45) is 5.33. The lowest BCUT2D eigenvalue weighted by Gasteiger charge is -2.11. The molecule has 0 fully saturated rings. The van der Waals surface area contributed by atoms with Crippen LogP contribution in [0.15, 0.2) is 41.7 Å². The largest absolute Gasteiger partial charge is 0.387 e. The standard InChI is InChI=1S/C14H18N4O2S/c1-3-11-5-4-7-17-13(11)9-18-21(19,20)14-10-16-8-6-12(14)15-2/h4-8,10,18H,3,9H2,1-2H3,(H,15,16). The molecular formula is C14H18N4O2S. The van der Waals surface area contributed by atoms with Gasteiger partial charge in [0.1, 0.15) is 4.90 Å². The molecule has 0 atom stereocenters. The Hall–Kier alpha value is -1.99. The van der Waals surface area contributed by atoms with Crippen molar-refractivity contribution in [1.82, 2.24) is 14.7 Å². The summed E-state index contributed by atoms with van der Waals surface area (Å²) in [6.45, 7) is 2.17. The van der Waals surface area contributed by atoms with Gasteiger partial charge in [-0.25, -0.2) is 13.1 Å². The lowest BCUT2D eigenvalue weighted by atomic mass is 10.1. The van der Waals surface area contributed by atoms with Crippen LogP contribution in [-0.4, -0.2) is 25.4 Å². The van der Waals surface area contributed by atoms with Crippen LogP contribution in [0.1, 0.15) is 18.2 Å². The molecule has 112 valence electrons. The smallest absolute Gasteiger partial charge is 0.244 e. The minimum atomic E-state index is -3.64. The second-order valence-electron chi connectivity index (χ2n) is 4.41. The Morgan fingerprint density at radius 2 is 2.05 bits per heavy atom. The lowest BCUT2D eigenvalue weighted by molar-refractivity contribution is 0.580. The molecule has 0 saturated carbocycles. The van der Waals surface area contributed by atoms with E-state index in [9.17, 15) is 8.42 Å². The Kier molecular flexibility index (Phi) is 4.87. The Balaban J connectivity index is 2.22. The molecule has 2 heterocycles. The fourth-order valence-electron chi connectivity index (χ4n) is 1.99. The molecule has 0 aromatic carbocycles. The highest BCUT2D eigenvalue weighted by Gasteiger charge is 2.18. The highest BCUT2D eigenvalue weighted by molar-refractivity contribution is 7.89. The number of hydrogen-bond acceptors (Lipinski definition) is 5. The van der Waals surface area contributed by atoms with Crippen LogP contribution in [0.3, 0.4) is 0 Å². The number of hydrogen-bond donors (Lipinski definition) is 2. The van der Waals surface area contributed by atoms with Gasteiger partial charge in [0, 0.05) is 25.6 Å². The Morgan fingerprint density at radius 3 is 2.76 bits per heavy atom. The third kappa shape index (κ3) is 3.56. The van der Waals surface area contributed by atoms with Crippen molar-refractivity contribution >= 4 is 15.7 Å². The zero-order valence-electron chi connectivity index (χ0n) is 12.0. The first kappa shape index (κ1) is 15.4. The molecule has 0 unspecified atom stereocenters. The average molecular weight is 306 g/mol. The molecule has 0 saturated heterocycles. The average Bonchev–Trinajstić information content (AvgIpc) is 2.53. The summed E-state index contributed by atoms with van der Waals surface area (Å²) in [5.74, 6) is 0. The van der Waals surface area contributed by atoms with Gasteiger partial charge >= 0.3 is 0 Å². The van der Waals surface area contributed by atoms with E-state index in [2.05, 4.69) is 20.0 Å². The van der Waals surface area contributed by atoms with Crippen LogP contribution in [0.4, 0.5) is 5.69 Å². The summed E-state index contributed by atoms with van der Waals surface area (Å²) in [5.41, 5.74) is 2.27. The van der Waals surface area contributed by atoms with Crippen molar-refractivity contribution < 1.29 is 8.42 Å². The minimum absolute atomic E-state index is 0.126. The van der Waals surface area contributed by atoms with Crippen LogP contribution in [0, 0.1) is 0 Å². The van der Waals surface area contributed by atoms with Crippen molar-refractivity contribution in [2.45, 2.75) is 24.8 Å². The zero-order chi connectivity index (χ0) is 15.3. The van der Waals surface area contributed by atoms with Gasteiger partial charge in [-0.15, -0.1) is 0 Å². The summed E-state index contributed by atoms with van der Waals surface area (Å²) < 4.78 is 27.3. The first-order valence-electron chi connectivity index (χ1n) is 6.62. The molecule has 2 aromatic heterocycles. The van der Waals surface area contributed by atoms with E-state index < -0.39 is 10.0 Å². The highest BCUT2D eigenvalue weighted by atomic mass is 32.2. The van der Waals surface area contributed by atoms with Gasteiger partial charge in [-0.3, -0.25) is 9.97 Å². The summed E-state index contributed by atoms with van der Waals surface area (Å²) in [7, 11) is -1.97. The van der Waals surface area contributed by atoms with Gasteiger partial charge in [0.15, 0.2) is 0 Å². The molecule has 2 aromatic rings. The maximum absolute atomic E-state index is 12.4. The Bertz CT molecular complexity index is 716. The molecular weight excluding hydrogens is 288 g/mol. The van der Waals surface area contributed by atoms with Crippen LogP contribution in [0.5, 0.6) is 0 Å². The fourth-order valence-corrected chi connectivity index (χ4v) is 3.14. The van der Waals surface area contributed by atoms with E-state index in [4.69, 9.17) is 0 Å². The van der Waals surface area contributed by atoms with Gasteiger partial charge in [0.2, 0.25) is 10.0 Å². The number of pyridine rings is 2. The summed E-state index contributed by atoms with van der Waals surface area (Å²) >= 11 is 0. The molecule has 0 radical (unpaired) electrons. The third-order valence-electron chi connectivity index (χ3n) is 3.14. The molecule has 7 heteroatoms. The molecule has 2 rings (SSSR count). The van der Waals surface area contributed by atoms with E-state index in [1.54, 1.807) is 25.5 Å². The van der Waals surface area contributed by atoms with Gasteiger partial charge in [0.25, 0.3) is 0 Å². The predicted molar refractivity (Wildman–Crippen MR) is 81.4 cm³/mol. The van der Waals surface area contributed by atoms with Gasteiger partial charge in [-0.05, 0) is 24.1 Å². The molecule has 0 aliphatic rings. The second kappa shape index (κ2) is 6.64. The van der Waals surface area contributed by atoms with E-state index >= 15 is 0 Å². The summed E-state index contributed by atoms with van der Waals surface area (Å²) in [6, 6.07) is 5.41. The normalized spacial score (nSPS) is 11.3. The maximum Gasteiger partial charge on any atom is 0.244 e. The van der Waals surface area contributed by atoms with E-state index in [0.29, 0.717) is 5.69 Å². The fraction of sp³-hybridized carbons (Fsp3) is 0.286. The number of rotatable bonds is 6. The van der Waals surface area contributed by atoms with Crippen LogP contribution < -0.4 is 10.0 Å². The number of aryl methyl sites for hydroxylation is 1. The minimum Gasteiger partial charge on any atom is -0.387 e. The van der Waals surface area contributed by atoms with Crippen LogP contribution in [0.2, 0.25) is 0 Å². The van der Waals surface area contributed by atoms with Gasteiger partial charge < -0.3 is 5.32 Å². The topological polar surface area (TPSA) is 84.0 Å². The third-order valence-corrected chi connectivity index (χ3v) is 4.57. The van der Waals surface area contributed by atoms with Crippen molar-refractivity contribution in [3.05, 3.63) is 48.0 Å². The molecule has 6 nitrogen and oxygen atoms in total. The van der Waals surface area contributed by atoms with Crippen LogP contribution in [-0.2, 0) is 23.0 Å². The number of aromatic nitrogens is 2. The van der Waals surface area contributed by atoms with Gasteiger partial charge in [0.05, 0.1) is 17.9 Å². The summed E-state index contributed by atoms with van der Waals surface area (Å²) in [5, 5.41) is 2.85. The quantitative estimate of drug-likeness (QED) is 0.846. The van der Waals surface area contributed by atoms with Gasteiger partial charge in [-0.2, -0.15) is 0 Å². The second-order valence-corrected chi connectivity index (χ2v) is 6.14. The first-order chi connectivity index (χ1) is 10.1. The maximum atomic E-state index is 12.4. The predicted octanol–water partition coefficient (Wildman–Crippen LogP) is 1.56. The Labute approximate surface area is 124 Å². The van der Waals surface area contributed by atoms with Crippen molar-refractivity contribution in [3.8, 4) is 0 Å². The lowest BCUT2D eigenvalue weighted by Crippen LogP contribution is -2.25. The molecule has 0 aliphatic carbocycles. The van der Waals surface area contributed by atoms with Crippen molar-refractivity contribution in [1.29, 1.82) is 0 Å². The number of nitrogens with zero attached hydrogens (tertiary/aromatic N) is 2. The highest BCUT2D eigenvalue weighted by Crippen LogP contribution is 2.19. The zero-order valence-corrected chi connectivity index (χ0v) is 12.8. The van der Waals surface area contributed by atoms with Crippen LogP contribution in [0.25, 0.3) is 0 Å².